The van der Waals surface area contributed by atoms with Gasteiger partial charge in [0.05, 0.1) is 5.69 Å². The minimum Gasteiger partial charge on any atom is -0.362 e. The number of benzene rings is 1. The molecule has 0 aliphatic heterocycles. The quantitative estimate of drug-likeness (QED) is 0.725. The van der Waals surface area contributed by atoms with Crippen molar-refractivity contribution in [1.29, 1.82) is 0 Å². The van der Waals surface area contributed by atoms with Crippen molar-refractivity contribution in [3.63, 3.8) is 0 Å². The molecule has 0 spiro atoms. The van der Waals surface area contributed by atoms with E-state index in [2.05, 4.69) is 31.1 Å². The van der Waals surface area contributed by atoms with Crippen molar-refractivity contribution in [1.82, 2.24) is 30.5 Å². The molecule has 9 heteroatoms. The van der Waals surface area contributed by atoms with Crippen LogP contribution < -0.4 is 15.5 Å². The van der Waals surface area contributed by atoms with Gasteiger partial charge in [-0.15, -0.1) is 5.10 Å². The van der Waals surface area contributed by atoms with Crippen LogP contribution in [0.2, 0.25) is 0 Å². The van der Waals surface area contributed by atoms with E-state index in [1.807, 2.05) is 56.3 Å². The van der Waals surface area contributed by atoms with E-state index in [0.717, 1.165) is 22.6 Å². The molecule has 0 aliphatic carbocycles. The van der Waals surface area contributed by atoms with Gasteiger partial charge < -0.3 is 15.5 Å². The van der Waals surface area contributed by atoms with Crippen LogP contribution in [0.25, 0.3) is 5.69 Å². The monoisotopic (exact) mass is 352 g/mol. The van der Waals surface area contributed by atoms with Gasteiger partial charge in [-0.25, -0.2) is 14.5 Å². The summed E-state index contributed by atoms with van der Waals surface area (Å²) in [6.45, 7) is 2.29. The second kappa shape index (κ2) is 7.60. The lowest BCUT2D eigenvalue weighted by Crippen LogP contribution is -2.29. The third-order valence-electron chi connectivity index (χ3n) is 3.81. The lowest BCUT2D eigenvalue weighted by molar-refractivity contribution is 0.251. The molecule has 1 aromatic carbocycles. The fourth-order valence-electron chi connectivity index (χ4n) is 2.48. The van der Waals surface area contributed by atoms with Gasteiger partial charge >= 0.3 is 6.03 Å². The van der Waals surface area contributed by atoms with Gasteiger partial charge in [-0.2, -0.15) is 0 Å². The van der Waals surface area contributed by atoms with Crippen molar-refractivity contribution in [3.05, 3.63) is 54.0 Å². The van der Waals surface area contributed by atoms with E-state index in [1.54, 1.807) is 6.20 Å². The predicted molar refractivity (Wildman–Crippen MR) is 98.3 cm³/mol. The maximum atomic E-state index is 12.3. The maximum Gasteiger partial charge on any atom is 0.319 e. The van der Waals surface area contributed by atoms with Gasteiger partial charge in [0.25, 0.3) is 0 Å². The Morgan fingerprint density at radius 2 is 2.12 bits per heavy atom. The predicted octanol–water partition coefficient (Wildman–Crippen LogP) is 1.75. The SMILES string of the molecule is Cc1ccc(-n2cnnn2)cc1NC(=O)NCc1cccnc1N(C)C. The summed E-state index contributed by atoms with van der Waals surface area (Å²) in [4.78, 5) is 18.6. The number of nitrogens with one attached hydrogen (secondary N) is 2. The van der Waals surface area contributed by atoms with Gasteiger partial charge in [-0.3, -0.25) is 0 Å². The summed E-state index contributed by atoms with van der Waals surface area (Å²) in [5.74, 6) is 0.824. The van der Waals surface area contributed by atoms with Crippen molar-refractivity contribution < 1.29 is 4.79 Å². The summed E-state index contributed by atoms with van der Waals surface area (Å²) in [5, 5.41) is 16.8. The number of hydrogen-bond donors (Lipinski definition) is 2. The molecule has 3 rings (SSSR count). The number of carbonyl (C=O) groups is 1. The minimum absolute atomic E-state index is 0.296. The summed E-state index contributed by atoms with van der Waals surface area (Å²) in [6, 6.07) is 9.09. The van der Waals surface area contributed by atoms with E-state index in [0.29, 0.717) is 12.2 Å². The minimum atomic E-state index is -0.296. The van der Waals surface area contributed by atoms with Gasteiger partial charge in [0.1, 0.15) is 12.1 Å². The van der Waals surface area contributed by atoms with Gasteiger partial charge in [0.2, 0.25) is 0 Å². The first kappa shape index (κ1) is 17.3. The highest BCUT2D eigenvalue weighted by atomic mass is 16.2. The zero-order valence-electron chi connectivity index (χ0n) is 14.8. The van der Waals surface area contributed by atoms with Gasteiger partial charge in [-0.05, 0) is 41.1 Å². The molecular weight excluding hydrogens is 332 g/mol. The van der Waals surface area contributed by atoms with Crippen LogP contribution in [0.1, 0.15) is 11.1 Å². The fraction of sp³-hybridized carbons (Fsp3) is 0.235. The Labute approximate surface area is 151 Å². The van der Waals surface area contributed by atoms with Crippen LogP contribution >= 0.6 is 0 Å². The molecule has 0 fully saturated rings. The molecule has 26 heavy (non-hydrogen) atoms. The zero-order valence-corrected chi connectivity index (χ0v) is 14.8. The Morgan fingerprint density at radius 3 is 2.85 bits per heavy atom. The molecule has 0 saturated carbocycles. The van der Waals surface area contributed by atoms with Crippen molar-refractivity contribution in [2.45, 2.75) is 13.5 Å². The molecule has 2 amide bonds. The average molecular weight is 352 g/mol. The maximum absolute atomic E-state index is 12.3. The summed E-state index contributed by atoms with van der Waals surface area (Å²) < 4.78 is 1.53. The number of pyridine rings is 1. The smallest absolute Gasteiger partial charge is 0.319 e. The van der Waals surface area contributed by atoms with Crippen molar-refractivity contribution in [3.8, 4) is 5.69 Å². The highest BCUT2D eigenvalue weighted by Crippen LogP contribution is 2.19. The molecule has 3 aromatic rings. The average Bonchev–Trinajstić information content (AvgIpc) is 3.16. The van der Waals surface area contributed by atoms with Crippen LogP contribution in [0.5, 0.6) is 0 Å². The number of aryl methyl sites for hydroxylation is 1. The number of nitrogens with zero attached hydrogens (tertiary/aromatic N) is 6. The fourth-order valence-corrected chi connectivity index (χ4v) is 2.48. The molecule has 134 valence electrons. The topological polar surface area (TPSA) is 101 Å². The lowest BCUT2D eigenvalue weighted by atomic mass is 10.2. The summed E-state index contributed by atoms with van der Waals surface area (Å²) >= 11 is 0. The highest BCUT2D eigenvalue weighted by Gasteiger charge is 2.09. The first-order valence-electron chi connectivity index (χ1n) is 8.04. The zero-order chi connectivity index (χ0) is 18.5. The molecule has 0 radical (unpaired) electrons. The van der Waals surface area contributed by atoms with Crippen molar-refractivity contribution in [2.75, 3.05) is 24.3 Å². The van der Waals surface area contributed by atoms with Crippen LogP contribution in [0, 0.1) is 6.92 Å². The Hall–Kier alpha value is -3.49. The second-order valence-corrected chi connectivity index (χ2v) is 5.94. The van der Waals surface area contributed by atoms with E-state index in [1.165, 1.54) is 11.0 Å². The number of amides is 2. The lowest BCUT2D eigenvalue weighted by Gasteiger charge is -2.16. The molecule has 2 N–H and O–H groups in total. The molecule has 2 heterocycles. The van der Waals surface area contributed by atoms with Gasteiger partial charge in [0, 0.05) is 38.1 Å². The number of aromatic nitrogens is 5. The highest BCUT2D eigenvalue weighted by molar-refractivity contribution is 5.90. The Kier molecular flexibility index (Phi) is 5.07. The van der Waals surface area contributed by atoms with E-state index in [4.69, 9.17) is 0 Å². The Morgan fingerprint density at radius 1 is 1.27 bits per heavy atom. The van der Waals surface area contributed by atoms with E-state index in [9.17, 15) is 4.79 Å². The number of urea groups is 1. The van der Waals surface area contributed by atoms with Crippen molar-refractivity contribution in [2.24, 2.45) is 0 Å². The van der Waals surface area contributed by atoms with E-state index >= 15 is 0 Å². The summed E-state index contributed by atoms with van der Waals surface area (Å²) in [6.07, 6.45) is 3.23. The molecule has 0 saturated heterocycles. The number of tetrazole rings is 1. The molecular formula is C17H20N8O. The molecule has 0 atom stereocenters. The first-order chi connectivity index (χ1) is 12.5. The Balaban J connectivity index is 1.68. The van der Waals surface area contributed by atoms with Gasteiger partial charge in [-0.1, -0.05) is 12.1 Å². The van der Waals surface area contributed by atoms with Crippen molar-refractivity contribution >= 4 is 17.5 Å². The Bertz CT molecular complexity index is 892. The van der Waals surface area contributed by atoms with Crippen LogP contribution in [0.3, 0.4) is 0 Å². The molecule has 0 bridgehead atoms. The number of carbonyl (C=O) groups excluding carboxylic acids is 1. The van der Waals surface area contributed by atoms with Gasteiger partial charge in [0.15, 0.2) is 0 Å². The standard InChI is InChI=1S/C17H20N8O/c1-12-6-7-14(25-11-20-22-23-25)9-15(12)21-17(26)19-10-13-5-4-8-18-16(13)24(2)3/h4-9,11H,10H2,1-3H3,(H2,19,21,26). The second-order valence-electron chi connectivity index (χ2n) is 5.94. The first-order valence-corrected chi connectivity index (χ1v) is 8.04. The van der Waals surface area contributed by atoms with E-state index < -0.39 is 0 Å². The summed E-state index contributed by atoms with van der Waals surface area (Å²) in [7, 11) is 3.83. The third kappa shape index (κ3) is 3.94. The van der Waals surface area contributed by atoms with Crippen LogP contribution in [-0.2, 0) is 6.54 Å². The number of hydrogen-bond acceptors (Lipinski definition) is 6. The molecule has 2 aromatic heterocycles. The van der Waals surface area contributed by atoms with E-state index in [-0.39, 0.29) is 6.03 Å². The summed E-state index contributed by atoms with van der Waals surface area (Å²) in [5.41, 5.74) is 3.33. The normalized spacial score (nSPS) is 10.4. The number of anilines is 2. The molecule has 0 unspecified atom stereocenters. The van der Waals surface area contributed by atoms with Crippen LogP contribution in [0.15, 0.2) is 42.9 Å². The van der Waals surface area contributed by atoms with Crippen LogP contribution in [-0.4, -0.2) is 45.3 Å². The molecule has 9 nitrogen and oxygen atoms in total. The third-order valence-corrected chi connectivity index (χ3v) is 3.81. The number of rotatable bonds is 5. The molecule has 0 aliphatic rings. The largest absolute Gasteiger partial charge is 0.362 e. The van der Waals surface area contributed by atoms with Crippen LogP contribution in [0.4, 0.5) is 16.3 Å².